The summed E-state index contributed by atoms with van der Waals surface area (Å²) in [6, 6.07) is 11.5. The minimum atomic E-state index is -0.999. The molecule has 0 radical (unpaired) electrons. The third-order valence-electron chi connectivity index (χ3n) is 4.34. The molecule has 0 bridgehead atoms. The summed E-state index contributed by atoms with van der Waals surface area (Å²) in [4.78, 5) is 14.0. The highest BCUT2D eigenvalue weighted by molar-refractivity contribution is 5.95. The van der Waals surface area contributed by atoms with Crippen LogP contribution in [-0.4, -0.2) is 49.1 Å². The van der Waals surface area contributed by atoms with Gasteiger partial charge in [-0.2, -0.15) is 0 Å². The fourth-order valence-electron chi connectivity index (χ4n) is 2.70. The van der Waals surface area contributed by atoms with Crippen LogP contribution in [0.4, 0.5) is 5.69 Å². The summed E-state index contributed by atoms with van der Waals surface area (Å²) in [7, 11) is 3.91. The van der Waals surface area contributed by atoms with Crippen molar-refractivity contribution in [3.05, 3.63) is 59.2 Å². The highest BCUT2D eigenvalue weighted by Crippen LogP contribution is 2.30. The summed E-state index contributed by atoms with van der Waals surface area (Å²) in [6.45, 7) is 3.22. The van der Waals surface area contributed by atoms with Crippen LogP contribution in [0.15, 0.2) is 42.5 Å². The molecule has 1 unspecified atom stereocenters. The van der Waals surface area contributed by atoms with Crippen molar-refractivity contribution in [1.29, 1.82) is 5.41 Å². The Bertz CT molecular complexity index is 819. The van der Waals surface area contributed by atoms with Crippen LogP contribution in [0.25, 0.3) is 0 Å². The first-order valence-electron chi connectivity index (χ1n) is 9.16. The number of carboxylic acids is 1. The van der Waals surface area contributed by atoms with Crippen molar-refractivity contribution in [2.75, 3.05) is 32.6 Å². The summed E-state index contributed by atoms with van der Waals surface area (Å²) in [6.07, 6.45) is 0.796. The van der Waals surface area contributed by atoms with Crippen molar-refractivity contribution in [3.8, 4) is 5.75 Å². The Morgan fingerprint density at radius 1 is 1.25 bits per heavy atom. The molecule has 7 nitrogen and oxygen atoms in total. The van der Waals surface area contributed by atoms with Crippen LogP contribution in [0.2, 0.25) is 0 Å². The third-order valence-corrected chi connectivity index (χ3v) is 4.34. The number of carboxylic acid groups (broad SMARTS) is 1. The highest BCUT2D eigenvalue weighted by atomic mass is 16.5. The Morgan fingerprint density at radius 2 is 1.93 bits per heavy atom. The number of nitrogens with one attached hydrogen (secondary N) is 2. The first kappa shape index (κ1) is 21.2. The van der Waals surface area contributed by atoms with Gasteiger partial charge in [0.05, 0.1) is 0 Å². The number of anilines is 1. The average Bonchev–Trinajstić information content (AvgIpc) is 2.66. The van der Waals surface area contributed by atoms with Gasteiger partial charge in [-0.25, -0.2) is 4.79 Å². The maximum absolute atomic E-state index is 12.0. The second-order valence-corrected chi connectivity index (χ2v) is 6.78. The summed E-state index contributed by atoms with van der Waals surface area (Å²) in [5.41, 5.74) is 8.30. The van der Waals surface area contributed by atoms with Gasteiger partial charge in [0.25, 0.3) is 0 Å². The summed E-state index contributed by atoms with van der Waals surface area (Å²) in [5, 5.41) is 20.4. The van der Waals surface area contributed by atoms with E-state index in [1.54, 1.807) is 24.3 Å². The quantitative estimate of drug-likeness (QED) is 0.370. The Balaban J connectivity index is 2.32. The van der Waals surface area contributed by atoms with Crippen LogP contribution >= 0.6 is 0 Å². The number of ether oxygens (including phenoxy) is 1. The molecule has 0 amide bonds. The number of amidine groups is 1. The molecule has 0 saturated carbocycles. The van der Waals surface area contributed by atoms with Crippen molar-refractivity contribution in [2.45, 2.75) is 19.4 Å². The van der Waals surface area contributed by atoms with E-state index < -0.39 is 12.0 Å². The van der Waals surface area contributed by atoms with Gasteiger partial charge >= 0.3 is 5.97 Å². The van der Waals surface area contributed by atoms with Crippen molar-refractivity contribution >= 4 is 17.5 Å². The molecular formula is C21H28N4O3. The van der Waals surface area contributed by atoms with Gasteiger partial charge in [0, 0.05) is 23.4 Å². The van der Waals surface area contributed by atoms with Crippen LogP contribution in [-0.2, 0) is 11.2 Å². The lowest BCUT2D eigenvalue weighted by Crippen LogP contribution is -2.23. The minimum absolute atomic E-state index is 0.0337. The number of rotatable bonds is 10. The van der Waals surface area contributed by atoms with Gasteiger partial charge in [-0.1, -0.05) is 13.0 Å². The monoisotopic (exact) mass is 384 g/mol. The Kier molecular flexibility index (Phi) is 7.40. The topological polar surface area (TPSA) is 112 Å². The molecule has 2 rings (SSSR count). The van der Waals surface area contributed by atoms with Crippen LogP contribution in [0.1, 0.15) is 29.7 Å². The fourth-order valence-corrected chi connectivity index (χ4v) is 2.70. The van der Waals surface area contributed by atoms with E-state index in [-0.39, 0.29) is 5.84 Å². The molecule has 5 N–H and O–H groups in total. The molecule has 1 atom stereocenters. The molecule has 150 valence electrons. The Morgan fingerprint density at radius 3 is 2.46 bits per heavy atom. The molecule has 0 heterocycles. The normalized spacial score (nSPS) is 11.9. The number of nitrogens with two attached hydrogens (primary N) is 1. The van der Waals surface area contributed by atoms with Gasteiger partial charge in [-0.05, 0) is 62.5 Å². The summed E-state index contributed by atoms with van der Waals surface area (Å²) >= 11 is 0. The van der Waals surface area contributed by atoms with Crippen molar-refractivity contribution < 1.29 is 14.6 Å². The van der Waals surface area contributed by atoms with E-state index in [9.17, 15) is 9.90 Å². The van der Waals surface area contributed by atoms with E-state index in [0.29, 0.717) is 29.2 Å². The molecule has 2 aromatic carbocycles. The lowest BCUT2D eigenvalue weighted by molar-refractivity contribution is -0.138. The zero-order valence-electron chi connectivity index (χ0n) is 16.5. The number of aliphatic carboxylic acids is 1. The summed E-state index contributed by atoms with van der Waals surface area (Å²) in [5.74, 6) is -0.478. The minimum Gasteiger partial charge on any atom is -0.492 e. The van der Waals surface area contributed by atoms with Crippen molar-refractivity contribution in [2.24, 2.45) is 5.73 Å². The predicted octanol–water partition coefficient (Wildman–Crippen LogP) is 2.71. The molecule has 0 aliphatic carbocycles. The van der Waals surface area contributed by atoms with Crippen LogP contribution in [0.5, 0.6) is 5.75 Å². The molecule has 0 aromatic heterocycles. The van der Waals surface area contributed by atoms with Crippen molar-refractivity contribution in [3.63, 3.8) is 0 Å². The molecule has 0 spiro atoms. The van der Waals surface area contributed by atoms with Crippen LogP contribution < -0.4 is 15.8 Å². The number of carbonyl (C=O) groups is 1. The Hall–Kier alpha value is -3.06. The molecular weight excluding hydrogens is 356 g/mol. The van der Waals surface area contributed by atoms with Gasteiger partial charge in [0.1, 0.15) is 18.2 Å². The molecule has 0 aliphatic heterocycles. The number of aryl methyl sites for hydroxylation is 1. The van der Waals surface area contributed by atoms with Crippen LogP contribution in [0.3, 0.4) is 0 Å². The lowest BCUT2D eigenvalue weighted by atomic mass is 10.0. The first-order valence-corrected chi connectivity index (χ1v) is 9.16. The molecule has 0 fully saturated rings. The van der Waals surface area contributed by atoms with E-state index in [0.717, 1.165) is 18.5 Å². The molecule has 7 heteroatoms. The second kappa shape index (κ2) is 9.75. The first-order chi connectivity index (χ1) is 13.3. The molecule has 0 saturated heterocycles. The molecule has 0 aliphatic rings. The smallest absolute Gasteiger partial charge is 0.330 e. The zero-order chi connectivity index (χ0) is 20.7. The number of hydrogen-bond acceptors (Lipinski definition) is 5. The second-order valence-electron chi connectivity index (χ2n) is 6.78. The largest absolute Gasteiger partial charge is 0.492 e. The maximum atomic E-state index is 12.0. The van der Waals surface area contributed by atoms with Gasteiger partial charge in [0.15, 0.2) is 6.04 Å². The van der Waals surface area contributed by atoms with Gasteiger partial charge in [-0.3, -0.25) is 5.41 Å². The number of benzene rings is 2. The Labute approximate surface area is 165 Å². The number of nitrogen functional groups attached to an aromatic ring is 1. The predicted molar refractivity (Wildman–Crippen MR) is 111 cm³/mol. The third kappa shape index (κ3) is 5.72. The highest BCUT2D eigenvalue weighted by Gasteiger charge is 2.24. The van der Waals surface area contributed by atoms with E-state index in [1.165, 1.54) is 0 Å². The van der Waals surface area contributed by atoms with Gasteiger partial charge in [0.2, 0.25) is 0 Å². The molecule has 28 heavy (non-hydrogen) atoms. The van der Waals surface area contributed by atoms with Crippen molar-refractivity contribution in [1.82, 2.24) is 4.90 Å². The maximum Gasteiger partial charge on any atom is 0.330 e. The molecule has 2 aromatic rings. The van der Waals surface area contributed by atoms with E-state index in [2.05, 4.69) is 5.32 Å². The number of likely N-dealkylation sites (N-methyl/N-ethyl adjacent to an activating group) is 1. The van der Waals surface area contributed by atoms with E-state index in [4.69, 9.17) is 15.9 Å². The average molecular weight is 384 g/mol. The SMILES string of the molecule is CCc1ccc(OCCN(C)C)c(C(Nc2ccc(C(=N)N)cc2)C(=O)O)c1. The lowest BCUT2D eigenvalue weighted by Gasteiger charge is -2.21. The van der Waals surface area contributed by atoms with Crippen LogP contribution in [0, 0.1) is 5.41 Å². The fraction of sp³-hybridized carbons (Fsp3) is 0.333. The standard InChI is InChI=1S/C21H28N4O3/c1-4-14-5-10-18(28-12-11-25(2)3)17(13-14)19(21(26)27)24-16-8-6-15(7-9-16)20(22)23/h5-10,13,19,24H,4,11-12H2,1-3H3,(H3,22,23)(H,26,27). The number of nitrogens with zero attached hydrogens (tertiary/aromatic N) is 1. The van der Waals surface area contributed by atoms with E-state index >= 15 is 0 Å². The summed E-state index contributed by atoms with van der Waals surface area (Å²) < 4.78 is 5.88. The van der Waals surface area contributed by atoms with Gasteiger partial charge < -0.3 is 25.8 Å². The zero-order valence-corrected chi connectivity index (χ0v) is 16.5. The number of hydrogen-bond donors (Lipinski definition) is 4. The van der Waals surface area contributed by atoms with Gasteiger partial charge in [-0.15, -0.1) is 0 Å². The van der Waals surface area contributed by atoms with E-state index in [1.807, 2.05) is 44.1 Å².